The van der Waals surface area contributed by atoms with Crippen molar-refractivity contribution in [2.24, 2.45) is 9.98 Å². The lowest BCUT2D eigenvalue weighted by molar-refractivity contribution is 0.516. The predicted octanol–water partition coefficient (Wildman–Crippen LogP) is 3.88. The first kappa shape index (κ1) is 13.0. The van der Waals surface area contributed by atoms with Crippen LogP contribution in [0.2, 0.25) is 0 Å². The molecule has 2 unspecified atom stereocenters. The molecule has 1 aromatic heterocycles. The zero-order valence-electron chi connectivity index (χ0n) is 12.9. The number of amidine groups is 1. The zero-order valence-corrected chi connectivity index (χ0v) is 12.9. The van der Waals surface area contributed by atoms with Crippen LogP contribution in [0.15, 0.2) is 69.6 Å². The van der Waals surface area contributed by atoms with E-state index in [0.29, 0.717) is 6.04 Å². The Morgan fingerprint density at radius 1 is 1.22 bits per heavy atom. The Morgan fingerprint density at radius 3 is 3.22 bits per heavy atom. The van der Waals surface area contributed by atoms with E-state index in [1.807, 2.05) is 18.6 Å². The second-order valence-corrected chi connectivity index (χ2v) is 6.48. The molecule has 2 aliphatic heterocycles. The second kappa shape index (κ2) is 5.01. The van der Waals surface area contributed by atoms with Gasteiger partial charge >= 0.3 is 0 Å². The largest absolute Gasteiger partial charge is 0.265 e. The van der Waals surface area contributed by atoms with Gasteiger partial charge in [0.2, 0.25) is 0 Å². The monoisotopic (exact) mass is 302 g/mol. The van der Waals surface area contributed by atoms with Gasteiger partial charge in [0.05, 0.1) is 12.2 Å². The van der Waals surface area contributed by atoms with Gasteiger partial charge in [0, 0.05) is 35.7 Å². The minimum absolute atomic E-state index is 0.218. The van der Waals surface area contributed by atoms with E-state index in [4.69, 9.17) is 0 Å². The SMILES string of the molecule is C1=CC2=C(CC1)CCC2n1cc(C2C=CN=C3N=CC=C32)cn1. The molecule has 0 amide bonds. The molecule has 0 N–H and O–H groups in total. The molecule has 5 rings (SSSR count). The predicted molar refractivity (Wildman–Crippen MR) is 91.8 cm³/mol. The van der Waals surface area contributed by atoms with Gasteiger partial charge in [0.25, 0.3) is 0 Å². The second-order valence-electron chi connectivity index (χ2n) is 6.48. The van der Waals surface area contributed by atoms with Crippen molar-refractivity contribution in [3.8, 4) is 0 Å². The maximum absolute atomic E-state index is 4.69. The molecule has 0 radical (unpaired) electrons. The van der Waals surface area contributed by atoms with Crippen LogP contribution in [0, 0.1) is 0 Å². The summed E-state index contributed by atoms with van der Waals surface area (Å²) in [6, 6.07) is 0.407. The summed E-state index contributed by atoms with van der Waals surface area (Å²) >= 11 is 0. The van der Waals surface area contributed by atoms with Gasteiger partial charge in [-0.15, -0.1) is 0 Å². The molecule has 23 heavy (non-hydrogen) atoms. The van der Waals surface area contributed by atoms with E-state index < -0.39 is 0 Å². The topological polar surface area (TPSA) is 42.5 Å². The van der Waals surface area contributed by atoms with E-state index in [2.05, 4.69) is 50.3 Å². The van der Waals surface area contributed by atoms with Crippen LogP contribution in [0.25, 0.3) is 0 Å². The van der Waals surface area contributed by atoms with Crippen LogP contribution >= 0.6 is 0 Å². The molecule has 114 valence electrons. The number of fused-ring (bicyclic) bond motifs is 1. The maximum Gasteiger partial charge on any atom is 0.155 e. The Morgan fingerprint density at radius 2 is 2.22 bits per heavy atom. The number of aliphatic imine (C=N–C) groups is 2. The van der Waals surface area contributed by atoms with E-state index in [-0.39, 0.29) is 5.92 Å². The molecule has 0 aromatic carbocycles. The van der Waals surface area contributed by atoms with Gasteiger partial charge < -0.3 is 0 Å². The number of aromatic nitrogens is 2. The van der Waals surface area contributed by atoms with Crippen molar-refractivity contribution in [1.29, 1.82) is 0 Å². The summed E-state index contributed by atoms with van der Waals surface area (Å²) < 4.78 is 2.16. The molecule has 2 aliphatic carbocycles. The van der Waals surface area contributed by atoms with Crippen LogP contribution in [0.4, 0.5) is 0 Å². The smallest absolute Gasteiger partial charge is 0.155 e. The molecule has 3 heterocycles. The summed E-state index contributed by atoms with van der Waals surface area (Å²) in [5.41, 5.74) is 5.53. The van der Waals surface area contributed by atoms with Crippen molar-refractivity contribution in [1.82, 2.24) is 9.78 Å². The molecule has 4 nitrogen and oxygen atoms in total. The highest BCUT2D eigenvalue weighted by atomic mass is 15.3. The molecular formula is C19H18N4. The highest BCUT2D eigenvalue weighted by Crippen LogP contribution is 2.41. The third-order valence-electron chi connectivity index (χ3n) is 5.22. The summed E-state index contributed by atoms with van der Waals surface area (Å²) in [6.45, 7) is 0. The Hall–Kier alpha value is -2.49. The van der Waals surface area contributed by atoms with Gasteiger partial charge in [0.15, 0.2) is 5.84 Å². The Kier molecular flexibility index (Phi) is 2.83. The Balaban J connectivity index is 1.46. The number of nitrogens with zero attached hydrogens (tertiary/aromatic N) is 4. The van der Waals surface area contributed by atoms with E-state index in [9.17, 15) is 0 Å². The molecule has 2 atom stereocenters. The third kappa shape index (κ3) is 2.01. The molecule has 0 fully saturated rings. The van der Waals surface area contributed by atoms with Crippen molar-refractivity contribution in [2.45, 2.75) is 37.6 Å². The normalized spacial score (nSPS) is 28.0. The Labute approximate surface area is 135 Å². The fraction of sp³-hybridized carbons (Fsp3) is 0.316. The van der Waals surface area contributed by atoms with Crippen LogP contribution in [-0.4, -0.2) is 21.8 Å². The van der Waals surface area contributed by atoms with Crippen molar-refractivity contribution in [3.05, 3.63) is 65.2 Å². The first-order valence-electron chi connectivity index (χ1n) is 8.32. The summed E-state index contributed by atoms with van der Waals surface area (Å²) in [7, 11) is 0. The van der Waals surface area contributed by atoms with Crippen molar-refractivity contribution >= 4 is 12.1 Å². The maximum atomic E-state index is 4.69. The molecule has 0 bridgehead atoms. The highest BCUT2D eigenvalue weighted by Gasteiger charge is 2.29. The molecule has 4 heteroatoms. The van der Waals surface area contributed by atoms with Crippen LogP contribution in [0.1, 0.15) is 43.2 Å². The summed E-state index contributed by atoms with van der Waals surface area (Å²) in [5, 5.41) is 4.69. The summed E-state index contributed by atoms with van der Waals surface area (Å²) in [6.07, 6.45) is 21.5. The molecule has 1 aromatic rings. The fourth-order valence-electron chi connectivity index (χ4n) is 4.05. The minimum atomic E-state index is 0.218. The molecule has 0 saturated heterocycles. The highest BCUT2D eigenvalue weighted by molar-refractivity contribution is 6.12. The first-order chi connectivity index (χ1) is 11.4. The third-order valence-corrected chi connectivity index (χ3v) is 5.22. The van der Waals surface area contributed by atoms with Crippen LogP contribution in [0.3, 0.4) is 0 Å². The molecule has 4 aliphatic rings. The van der Waals surface area contributed by atoms with Crippen LogP contribution < -0.4 is 0 Å². The molecular weight excluding hydrogens is 284 g/mol. The van der Waals surface area contributed by atoms with Gasteiger partial charge in [-0.1, -0.05) is 23.8 Å². The van der Waals surface area contributed by atoms with Gasteiger partial charge in [-0.3, -0.25) is 4.68 Å². The number of hydrogen-bond acceptors (Lipinski definition) is 3. The van der Waals surface area contributed by atoms with Crippen LogP contribution in [0.5, 0.6) is 0 Å². The van der Waals surface area contributed by atoms with Crippen molar-refractivity contribution in [3.63, 3.8) is 0 Å². The number of rotatable bonds is 2. The zero-order chi connectivity index (χ0) is 15.2. The van der Waals surface area contributed by atoms with E-state index in [1.165, 1.54) is 42.4 Å². The lowest BCUT2D eigenvalue weighted by Crippen LogP contribution is -2.10. The van der Waals surface area contributed by atoms with Gasteiger partial charge in [0.1, 0.15) is 0 Å². The summed E-state index contributed by atoms with van der Waals surface area (Å²) in [5.74, 6) is 1.06. The van der Waals surface area contributed by atoms with E-state index >= 15 is 0 Å². The first-order valence-corrected chi connectivity index (χ1v) is 8.32. The minimum Gasteiger partial charge on any atom is -0.265 e. The number of hydrogen-bond donors (Lipinski definition) is 0. The average Bonchev–Trinajstić information content (AvgIpc) is 3.32. The van der Waals surface area contributed by atoms with Crippen molar-refractivity contribution < 1.29 is 0 Å². The standard InChI is InChI=1S/C19H18N4/c1-2-4-16-13(3-1)5-6-18(16)23-12-14(11-22-23)15-7-9-20-19-17(15)8-10-21-19/h2,4,7-12,15,18H,1,3,5-6H2. The van der Waals surface area contributed by atoms with Gasteiger partial charge in [-0.2, -0.15) is 5.10 Å². The molecule has 0 spiro atoms. The van der Waals surface area contributed by atoms with Crippen LogP contribution in [-0.2, 0) is 0 Å². The van der Waals surface area contributed by atoms with Crippen molar-refractivity contribution in [2.75, 3.05) is 0 Å². The van der Waals surface area contributed by atoms with E-state index in [1.54, 1.807) is 5.57 Å². The molecule has 0 saturated carbocycles. The fourth-order valence-corrected chi connectivity index (χ4v) is 4.05. The van der Waals surface area contributed by atoms with Gasteiger partial charge in [-0.25, -0.2) is 9.98 Å². The lowest BCUT2D eigenvalue weighted by Gasteiger charge is -2.17. The quantitative estimate of drug-likeness (QED) is 0.817. The van der Waals surface area contributed by atoms with Gasteiger partial charge in [-0.05, 0) is 37.3 Å². The van der Waals surface area contributed by atoms with E-state index in [0.717, 1.165) is 5.84 Å². The Bertz CT molecular complexity index is 844. The lowest BCUT2D eigenvalue weighted by atomic mass is 9.91. The number of allylic oxidation sites excluding steroid dienone is 6. The summed E-state index contributed by atoms with van der Waals surface area (Å²) in [4.78, 5) is 8.64. The average molecular weight is 302 g/mol.